The van der Waals surface area contributed by atoms with Gasteiger partial charge < -0.3 is 15.5 Å². The minimum absolute atomic E-state index is 0.00278. The van der Waals surface area contributed by atoms with Crippen LogP contribution in [-0.4, -0.2) is 37.1 Å². The normalized spacial score (nSPS) is 18.2. The molecule has 0 atom stereocenters. The molecule has 0 aromatic rings. The van der Waals surface area contributed by atoms with Crippen LogP contribution >= 0.6 is 0 Å². The van der Waals surface area contributed by atoms with Crippen LogP contribution in [0.3, 0.4) is 0 Å². The maximum atomic E-state index is 11.6. The highest BCUT2D eigenvalue weighted by molar-refractivity contribution is 5.75. The van der Waals surface area contributed by atoms with Gasteiger partial charge in [-0.25, -0.2) is 4.79 Å². The van der Waals surface area contributed by atoms with Crippen LogP contribution < -0.4 is 10.6 Å². The zero-order chi connectivity index (χ0) is 11.3. The van der Waals surface area contributed by atoms with Crippen molar-refractivity contribution in [1.82, 2.24) is 15.5 Å². The molecule has 0 bridgehead atoms. The number of carbonyl (C=O) groups excluding carboxylic acids is 1. The van der Waals surface area contributed by atoms with E-state index in [0.717, 1.165) is 26.2 Å². The molecule has 2 N–H and O–H groups in total. The highest BCUT2D eigenvalue weighted by Crippen LogP contribution is 2.13. The Bertz CT molecular complexity index is 237. The number of allylic oxidation sites excluding steroid dienone is 1. The molecule has 0 aliphatic carbocycles. The van der Waals surface area contributed by atoms with E-state index in [9.17, 15) is 4.79 Å². The molecule has 1 saturated heterocycles. The smallest absolute Gasteiger partial charge is 0.321 e. The Labute approximate surface area is 91.7 Å². The Balaban J connectivity index is 2.32. The number of hydrogen-bond donors (Lipinski definition) is 2. The van der Waals surface area contributed by atoms with Gasteiger partial charge in [-0.3, -0.25) is 0 Å². The van der Waals surface area contributed by atoms with Crippen molar-refractivity contribution in [2.75, 3.05) is 26.2 Å². The number of nitrogens with zero attached hydrogens (tertiary/aromatic N) is 1. The van der Waals surface area contributed by atoms with E-state index in [0.29, 0.717) is 0 Å². The molecule has 1 fully saturated rings. The number of carbonyl (C=O) groups is 1. The van der Waals surface area contributed by atoms with Crippen LogP contribution in [0.25, 0.3) is 0 Å². The van der Waals surface area contributed by atoms with Crippen LogP contribution in [0, 0.1) is 5.41 Å². The molecule has 0 aromatic heterocycles. The monoisotopic (exact) mass is 211 g/mol. The number of urea groups is 1. The average molecular weight is 211 g/mol. The summed E-state index contributed by atoms with van der Waals surface area (Å²) in [5.41, 5.74) is 0.108. The lowest BCUT2D eigenvalue weighted by molar-refractivity contribution is 0.194. The van der Waals surface area contributed by atoms with E-state index < -0.39 is 0 Å². The molecule has 1 heterocycles. The van der Waals surface area contributed by atoms with Gasteiger partial charge in [0.25, 0.3) is 0 Å². The van der Waals surface area contributed by atoms with E-state index in [1.165, 1.54) is 0 Å². The molecule has 1 rings (SSSR count). The van der Waals surface area contributed by atoms with Crippen molar-refractivity contribution in [3.8, 4) is 0 Å². The number of amides is 2. The third-order valence-corrected chi connectivity index (χ3v) is 2.19. The first-order valence-corrected chi connectivity index (χ1v) is 5.43. The van der Waals surface area contributed by atoms with Crippen molar-refractivity contribution < 1.29 is 4.79 Å². The molecule has 4 nitrogen and oxygen atoms in total. The number of hydrogen-bond acceptors (Lipinski definition) is 2. The first kappa shape index (κ1) is 12.0. The molecule has 4 heteroatoms. The van der Waals surface area contributed by atoms with Gasteiger partial charge in [-0.2, -0.15) is 0 Å². The van der Waals surface area contributed by atoms with E-state index >= 15 is 0 Å². The average Bonchev–Trinajstić information content (AvgIpc) is 2.17. The summed E-state index contributed by atoms with van der Waals surface area (Å²) in [6.45, 7) is 9.64. The Morgan fingerprint density at radius 3 is 2.47 bits per heavy atom. The van der Waals surface area contributed by atoms with Crippen LogP contribution in [0.2, 0.25) is 0 Å². The molecular formula is C11H21N3O. The van der Waals surface area contributed by atoms with Gasteiger partial charge in [0.15, 0.2) is 0 Å². The quantitative estimate of drug-likeness (QED) is 0.683. The molecule has 86 valence electrons. The third kappa shape index (κ3) is 4.83. The largest absolute Gasteiger partial charge is 0.322 e. The van der Waals surface area contributed by atoms with Crippen LogP contribution in [0.5, 0.6) is 0 Å². The number of nitrogens with one attached hydrogen (secondary N) is 2. The van der Waals surface area contributed by atoms with Gasteiger partial charge in [0.05, 0.1) is 0 Å². The highest BCUT2D eigenvalue weighted by atomic mass is 16.2. The zero-order valence-corrected chi connectivity index (χ0v) is 9.84. The van der Waals surface area contributed by atoms with Crippen LogP contribution in [0.1, 0.15) is 20.8 Å². The second-order valence-electron chi connectivity index (χ2n) is 4.89. The summed E-state index contributed by atoms with van der Waals surface area (Å²) in [6.07, 6.45) is 3.73. The molecule has 0 saturated carbocycles. The molecular weight excluding hydrogens is 190 g/mol. The Morgan fingerprint density at radius 1 is 1.33 bits per heavy atom. The van der Waals surface area contributed by atoms with Crippen molar-refractivity contribution in [3.05, 3.63) is 12.3 Å². The molecule has 15 heavy (non-hydrogen) atoms. The third-order valence-electron chi connectivity index (χ3n) is 2.19. The predicted molar refractivity (Wildman–Crippen MR) is 61.6 cm³/mol. The first-order chi connectivity index (χ1) is 6.99. The Morgan fingerprint density at radius 2 is 1.93 bits per heavy atom. The minimum atomic E-state index is -0.00278. The second kappa shape index (κ2) is 5.16. The molecule has 2 amide bonds. The van der Waals surface area contributed by atoms with Crippen molar-refractivity contribution in [2.24, 2.45) is 5.41 Å². The van der Waals surface area contributed by atoms with E-state index in [4.69, 9.17) is 0 Å². The zero-order valence-electron chi connectivity index (χ0n) is 9.84. The second-order valence-corrected chi connectivity index (χ2v) is 4.89. The lowest BCUT2D eigenvalue weighted by atomic mass is 9.97. The van der Waals surface area contributed by atoms with E-state index in [-0.39, 0.29) is 11.4 Å². The lowest BCUT2D eigenvalue weighted by Crippen LogP contribution is -2.49. The SMILES string of the molecule is CC(C)(C)/C=C/NC(=O)N1CCNCC1. The van der Waals surface area contributed by atoms with Crippen LogP contribution in [-0.2, 0) is 0 Å². The van der Waals surface area contributed by atoms with E-state index in [1.807, 2.05) is 11.0 Å². The molecule has 1 aliphatic rings. The van der Waals surface area contributed by atoms with Gasteiger partial charge in [0.2, 0.25) is 0 Å². The fraction of sp³-hybridized carbons (Fsp3) is 0.727. The van der Waals surface area contributed by atoms with Crippen LogP contribution in [0.4, 0.5) is 4.79 Å². The van der Waals surface area contributed by atoms with Crippen molar-refractivity contribution in [3.63, 3.8) is 0 Å². The van der Waals surface area contributed by atoms with Gasteiger partial charge in [-0.1, -0.05) is 26.8 Å². The summed E-state index contributed by atoms with van der Waals surface area (Å²) in [4.78, 5) is 13.4. The molecule has 0 unspecified atom stereocenters. The van der Waals surface area contributed by atoms with Gasteiger partial charge in [0, 0.05) is 32.4 Å². The van der Waals surface area contributed by atoms with Crippen molar-refractivity contribution in [1.29, 1.82) is 0 Å². The van der Waals surface area contributed by atoms with E-state index in [1.54, 1.807) is 6.20 Å². The molecule has 0 aromatic carbocycles. The summed E-state index contributed by atoms with van der Waals surface area (Å²) in [5.74, 6) is 0. The molecule has 0 spiro atoms. The van der Waals surface area contributed by atoms with E-state index in [2.05, 4.69) is 31.4 Å². The van der Waals surface area contributed by atoms with Crippen molar-refractivity contribution in [2.45, 2.75) is 20.8 Å². The fourth-order valence-corrected chi connectivity index (χ4v) is 1.32. The van der Waals surface area contributed by atoms with Crippen LogP contribution in [0.15, 0.2) is 12.3 Å². The number of rotatable bonds is 1. The maximum Gasteiger partial charge on any atom is 0.321 e. The topological polar surface area (TPSA) is 44.4 Å². The fourth-order valence-electron chi connectivity index (χ4n) is 1.32. The van der Waals surface area contributed by atoms with Gasteiger partial charge >= 0.3 is 6.03 Å². The lowest BCUT2D eigenvalue weighted by Gasteiger charge is -2.27. The van der Waals surface area contributed by atoms with Gasteiger partial charge in [-0.15, -0.1) is 0 Å². The summed E-state index contributed by atoms with van der Waals surface area (Å²) < 4.78 is 0. The summed E-state index contributed by atoms with van der Waals surface area (Å²) in [6, 6.07) is -0.00278. The Kier molecular flexibility index (Phi) is 4.15. The van der Waals surface area contributed by atoms with Crippen molar-refractivity contribution >= 4 is 6.03 Å². The number of piperazine rings is 1. The standard InChI is InChI=1S/C11H21N3O/c1-11(2,3)4-5-13-10(15)14-8-6-12-7-9-14/h4-5,12H,6-9H2,1-3H3,(H,13,15)/b5-4+. The minimum Gasteiger partial charge on any atom is -0.322 e. The predicted octanol–water partition coefficient (Wildman–Crippen LogP) is 1.16. The van der Waals surface area contributed by atoms with Gasteiger partial charge in [0.1, 0.15) is 0 Å². The highest BCUT2D eigenvalue weighted by Gasteiger charge is 2.14. The first-order valence-electron chi connectivity index (χ1n) is 5.43. The summed E-state index contributed by atoms with van der Waals surface area (Å²) in [5, 5.41) is 6.00. The Hall–Kier alpha value is -1.03. The summed E-state index contributed by atoms with van der Waals surface area (Å²) >= 11 is 0. The molecule has 1 aliphatic heterocycles. The molecule has 0 radical (unpaired) electrons. The summed E-state index contributed by atoms with van der Waals surface area (Å²) in [7, 11) is 0. The van der Waals surface area contributed by atoms with Gasteiger partial charge in [-0.05, 0) is 5.41 Å². The maximum absolute atomic E-state index is 11.6.